The topological polar surface area (TPSA) is 97.9 Å². The van der Waals surface area contributed by atoms with E-state index in [1.54, 1.807) is 0 Å². The van der Waals surface area contributed by atoms with Crippen LogP contribution in [0.25, 0.3) is 16.9 Å². The van der Waals surface area contributed by atoms with E-state index in [-0.39, 0.29) is 11.2 Å². The maximum Gasteiger partial charge on any atom is 0.337 e. The van der Waals surface area contributed by atoms with Gasteiger partial charge in [0.05, 0.1) is 12.2 Å². The zero-order chi connectivity index (χ0) is 20.3. The maximum atomic E-state index is 13.2. The van der Waals surface area contributed by atoms with E-state index in [4.69, 9.17) is 0 Å². The van der Waals surface area contributed by atoms with Crippen molar-refractivity contribution in [3.05, 3.63) is 56.7 Å². The summed E-state index contributed by atoms with van der Waals surface area (Å²) in [6.07, 6.45) is 0.958. The first kappa shape index (κ1) is 19.8. The third-order valence-electron chi connectivity index (χ3n) is 4.24. The molecule has 0 amide bonds. The second-order valence-corrected chi connectivity index (χ2v) is 6.69. The molecule has 0 atom stereocenters. The summed E-state index contributed by atoms with van der Waals surface area (Å²) in [7, 11) is 5.38. The van der Waals surface area contributed by atoms with Gasteiger partial charge in [-0.15, -0.1) is 10.2 Å². The number of nitrogens with zero attached hydrogens (tertiary/aromatic N) is 6. The molecule has 3 rings (SSSR count). The van der Waals surface area contributed by atoms with Crippen molar-refractivity contribution in [2.45, 2.75) is 13.0 Å². The molecule has 0 aliphatic carbocycles. The maximum absolute atomic E-state index is 13.2. The highest BCUT2D eigenvalue weighted by Crippen LogP contribution is 2.11. The lowest BCUT2D eigenvalue weighted by atomic mass is 10.3. The smallest absolute Gasteiger partial charge is 0.310 e. The number of nitrogens with one attached hydrogen (secondary N) is 1. The zero-order valence-corrected chi connectivity index (χ0v) is 16.0. The summed E-state index contributed by atoms with van der Waals surface area (Å²) in [6, 6.07) is 5.32. The van der Waals surface area contributed by atoms with Crippen molar-refractivity contribution in [3.63, 3.8) is 0 Å². The summed E-state index contributed by atoms with van der Waals surface area (Å²) in [6.45, 7) is 2.08. The monoisotopic (exact) mass is 387 g/mol. The van der Waals surface area contributed by atoms with E-state index in [1.165, 1.54) is 35.9 Å². The van der Waals surface area contributed by atoms with E-state index in [0.29, 0.717) is 18.1 Å². The third-order valence-corrected chi connectivity index (χ3v) is 4.24. The van der Waals surface area contributed by atoms with Crippen LogP contribution in [0.2, 0.25) is 0 Å². The van der Waals surface area contributed by atoms with Gasteiger partial charge >= 0.3 is 5.69 Å². The van der Waals surface area contributed by atoms with Crippen LogP contribution in [0.15, 0.2) is 33.9 Å². The number of rotatable bonds is 7. The van der Waals surface area contributed by atoms with Gasteiger partial charge in [-0.3, -0.25) is 9.36 Å². The van der Waals surface area contributed by atoms with E-state index in [9.17, 15) is 14.0 Å². The Balaban J connectivity index is 1.96. The van der Waals surface area contributed by atoms with Gasteiger partial charge in [-0.05, 0) is 57.9 Å². The molecule has 0 aliphatic heterocycles. The highest BCUT2D eigenvalue weighted by molar-refractivity contribution is 5.70. The zero-order valence-electron chi connectivity index (χ0n) is 16.0. The number of aromatic nitrogens is 5. The first-order chi connectivity index (χ1) is 13.4. The Morgan fingerprint density at radius 2 is 1.86 bits per heavy atom. The third kappa shape index (κ3) is 4.12. The van der Waals surface area contributed by atoms with Crippen molar-refractivity contribution in [1.29, 1.82) is 0 Å². The Morgan fingerprint density at radius 3 is 2.54 bits per heavy atom. The average Bonchev–Trinajstić information content (AvgIpc) is 2.67. The Bertz CT molecular complexity index is 1090. The number of halogens is 1. The molecule has 1 N–H and O–H groups in total. The van der Waals surface area contributed by atoms with Crippen LogP contribution in [0, 0.1) is 5.82 Å². The van der Waals surface area contributed by atoms with Gasteiger partial charge in [-0.1, -0.05) is 0 Å². The molecule has 0 saturated carbocycles. The summed E-state index contributed by atoms with van der Waals surface area (Å²) in [4.78, 5) is 31.5. The van der Waals surface area contributed by atoms with Crippen LogP contribution < -0.4 is 16.6 Å². The van der Waals surface area contributed by atoms with Crippen molar-refractivity contribution in [3.8, 4) is 5.69 Å². The molecular weight excluding hydrogens is 365 g/mol. The van der Waals surface area contributed by atoms with Crippen LogP contribution in [-0.4, -0.2) is 56.4 Å². The molecule has 3 aromatic rings. The highest BCUT2D eigenvalue weighted by atomic mass is 19.1. The second kappa shape index (κ2) is 8.36. The van der Waals surface area contributed by atoms with Crippen LogP contribution in [0.3, 0.4) is 0 Å². The molecule has 2 aromatic heterocycles. The lowest BCUT2D eigenvalue weighted by Crippen LogP contribution is -2.38. The standard InChI is InChI=1S/C18H22FN7O2/c1-24(2)10-4-9-20-11-14-21-15-16(23-22-14)26(18(28)25(3)17(15)27)13-7-5-12(19)6-8-13/h5-8,20H,4,9-11H2,1-3H3. The minimum absolute atomic E-state index is 0.0338. The Labute approximate surface area is 160 Å². The summed E-state index contributed by atoms with van der Waals surface area (Å²) in [5.74, 6) is -0.0727. The van der Waals surface area contributed by atoms with Gasteiger partial charge in [0.15, 0.2) is 17.0 Å². The Kier molecular flexibility index (Phi) is 5.90. The molecule has 148 valence electrons. The van der Waals surface area contributed by atoms with Crippen molar-refractivity contribution >= 4 is 11.2 Å². The molecular formula is C18H22FN7O2. The van der Waals surface area contributed by atoms with Gasteiger partial charge in [0.1, 0.15) is 5.82 Å². The number of hydrogen-bond acceptors (Lipinski definition) is 7. The molecule has 0 spiro atoms. The first-order valence-corrected chi connectivity index (χ1v) is 8.85. The number of benzene rings is 1. The van der Waals surface area contributed by atoms with Gasteiger partial charge in [0.2, 0.25) is 0 Å². The number of fused-ring (bicyclic) bond motifs is 1. The van der Waals surface area contributed by atoms with Crippen molar-refractivity contribution in [1.82, 2.24) is 34.5 Å². The molecule has 2 heterocycles. The fraction of sp³-hybridized carbons (Fsp3) is 0.389. The minimum atomic E-state index is -0.602. The quantitative estimate of drug-likeness (QED) is 0.572. The molecule has 0 fully saturated rings. The van der Waals surface area contributed by atoms with Gasteiger partial charge < -0.3 is 10.2 Å². The largest absolute Gasteiger partial charge is 0.337 e. The summed E-state index contributed by atoms with van der Waals surface area (Å²) in [5, 5.41) is 11.3. The fourth-order valence-corrected chi connectivity index (χ4v) is 2.75. The van der Waals surface area contributed by atoms with Crippen molar-refractivity contribution in [2.75, 3.05) is 27.2 Å². The van der Waals surface area contributed by atoms with Crippen molar-refractivity contribution in [2.24, 2.45) is 7.05 Å². The lowest BCUT2D eigenvalue weighted by molar-refractivity contribution is 0.393. The normalized spacial score (nSPS) is 11.5. The van der Waals surface area contributed by atoms with E-state index in [0.717, 1.165) is 24.1 Å². The van der Waals surface area contributed by atoms with Gasteiger partial charge in [0.25, 0.3) is 5.56 Å². The highest BCUT2D eigenvalue weighted by Gasteiger charge is 2.16. The predicted octanol–water partition coefficient (Wildman–Crippen LogP) is 0.0548. The molecule has 0 bridgehead atoms. The fourth-order valence-electron chi connectivity index (χ4n) is 2.75. The van der Waals surface area contributed by atoms with Crippen LogP contribution in [-0.2, 0) is 13.6 Å². The average molecular weight is 387 g/mol. The van der Waals surface area contributed by atoms with Crippen LogP contribution >= 0.6 is 0 Å². The molecule has 0 saturated heterocycles. The van der Waals surface area contributed by atoms with E-state index >= 15 is 0 Å². The molecule has 0 aliphatic rings. The molecule has 0 radical (unpaired) electrons. The molecule has 9 nitrogen and oxygen atoms in total. The van der Waals surface area contributed by atoms with Gasteiger partial charge in [0, 0.05) is 7.05 Å². The summed E-state index contributed by atoms with van der Waals surface area (Å²) < 4.78 is 15.4. The Hall–Kier alpha value is -2.98. The predicted molar refractivity (Wildman–Crippen MR) is 103 cm³/mol. The van der Waals surface area contributed by atoms with E-state index < -0.39 is 17.1 Å². The van der Waals surface area contributed by atoms with E-state index in [2.05, 4.69) is 25.4 Å². The molecule has 0 unspecified atom stereocenters. The molecule has 10 heteroatoms. The van der Waals surface area contributed by atoms with Gasteiger partial charge in [-0.2, -0.15) is 0 Å². The summed E-state index contributed by atoms with van der Waals surface area (Å²) in [5.41, 5.74) is -0.711. The Morgan fingerprint density at radius 1 is 1.14 bits per heavy atom. The van der Waals surface area contributed by atoms with Crippen LogP contribution in [0.5, 0.6) is 0 Å². The van der Waals surface area contributed by atoms with Crippen molar-refractivity contribution < 1.29 is 4.39 Å². The first-order valence-electron chi connectivity index (χ1n) is 8.85. The van der Waals surface area contributed by atoms with Crippen LogP contribution in [0.1, 0.15) is 12.2 Å². The SMILES string of the molecule is CN(C)CCCNCc1nnc2c(n1)c(=O)n(C)c(=O)n2-c1ccc(F)cc1. The minimum Gasteiger partial charge on any atom is -0.310 e. The van der Waals surface area contributed by atoms with Gasteiger partial charge in [-0.25, -0.2) is 18.7 Å². The number of hydrogen-bond donors (Lipinski definition) is 1. The molecule has 1 aromatic carbocycles. The summed E-state index contributed by atoms with van der Waals surface area (Å²) >= 11 is 0. The molecule has 28 heavy (non-hydrogen) atoms. The van der Waals surface area contributed by atoms with Crippen LogP contribution in [0.4, 0.5) is 4.39 Å². The van der Waals surface area contributed by atoms with E-state index in [1.807, 2.05) is 14.1 Å². The lowest BCUT2D eigenvalue weighted by Gasteiger charge is -2.11. The second-order valence-electron chi connectivity index (χ2n) is 6.69.